The van der Waals surface area contributed by atoms with Crippen LogP contribution >= 0.6 is 0 Å². The molecule has 0 amide bonds. The Morgan fingerprint density at radius 2 is 0.451 bits per heavy atom. The molecule has 12 rings (SSSR count). The molecule has 0 bridgehead atoms. The van der Waals surface area contributed by atoms with Gasteiger partial charge < -0.3 is 24.0 Å². The highest BCUT2D eigenvalue weighted by Crippen LogP contribution is 2.48. The molecular formula is C66H48N4O. The number of hydrogen-bond donors (Lipinski definition) is 0. The fourth-order valence-corrected chi connectivity index (χ4v) is 9.73. The van der Waals surface area contributed by atoms with Gasteiger partial charge in [-0.25, -0.2) is 0 Å². The van der Waals surface area contributed by atoms with Crippen LogP contribution in [0.5, 0.6) is 0 Å². The van der Waals surface area contributed by atoms with E-state index in [1.165, 1.54) is 0 Å². The summed E-state index contributed by atoms with van der Waals surface area (Å²) in [5.41, 5.74) is 16.4. The van der Waals surface area contributed by atoms with Crippen LogP contribution in [-0.2, 0) is 0 Å². The van der Waals surface area contributed by atoms with Gasteiger partial charge >= 0.3 is 0 Å². The van der Waals surface area contributed by atoms with Gasteiger partial charge in [-0.05, 0) is 139 Å². The Kier molecular flexibility index (Phi) is 11.6. The second-order valence-corrected chi connectivity index (χ2v) is 17.4. The lowest BCUT2D eigenvalue weighted by Crippen LogP contribution is -2.13. The van der Waals surface area contributed by atoms with Gasteiger partial charge in [0.05, 0.1) is 11.4 Å². The molecule has 0 radical (unpaired) electrons. The average molecular weight is 913 g/mol. The van der Waals surface area contributed by atoms with Crippen LogP contribution in [0.1, 0.15) is 0 Å². The molecule has 11 aromatic carbocycles. The van der Waals surface area contributed by atoms with Gasteiger partial charge in [0.25, 0.3) is 0 Å². The van der Waals surface area contributed by atoms with Crippen LogP contribution in [0.3, 0.4) is 0 Å². The van der Waals surface area contributed by atoms with Gasteiger partial charge in [0, 0.05) is 67.6 Å². The van der Waals surface area contributed by atoms with E-state index in [2.05, 4.69) is 311 Å². The lowest BCUT2D eigenvalue weighted by atomic mass is 10.0. The predicted octanol–water partition coefficient (Wildman–Crippen LogP) is 19.1. The van der Waals surface area contributed by atoms with Crippen LogP contribution in [0, 0.1) is 0 Å². The second kappa shape index (κ2) is 19.2. The summed E-state index contributed by atoms with van der Waals surface area (Å²) in [7, 11) is 0. The first-order chi connectivity index (χ1) is 35.2. The van der Waals surface area contributed by atoms with Gasteiger partial charge in [0.15, 0.2) is 11.2 Å². The van der Waals surface area contributed by atoms with Crippen molar-refractivity contribution in [2.75, 3.05) is 19.6 Å². The minimum atomic E-state index is 0.803. The molecule has 0 saturated heterocycles. The lowest BCUT2D eigenvalue weighted by Gasteiger charge is -2.29. The highest BCUT2D eigenvalue weighted by molar-refractivity contribution is 6.14. The standard InChI is InChI=1S/C66H48N4O/c1-7-22-51(23-8-1)67(52-24-9-2-10-25-52)57-44-40-49(41-45-57)50-42-46-58(47-43-50)69(55-30-15-5-16-31-55)63-38-20-36-61-62-37-21-39-64(66(62)71-65(61)63)70(56-32-17-6-18-33-56)60-35-19-34-59(48-60)68(53-26-11-3-12-27-53)54-28-13-4-14-29-54/h1-48H. The van der Waals surface area contributed by atoms with E-state index in [-0.39, 0.29) is 0 Å². The number of para-hydroxylation sites is 8. The van der Waals surface area contributed by atoms with E-state index in [1.807, 2.05) is 0 Å². The van der Waals surface area contributed by atoms with Crippen LogP contribution < -0.4 is 19.6 Å². The fourth-order valence-electron chi connectivity index (χ4n) is 9.73. The highest BCUT2D eigenvalue weighted by atomic mass is 16.3. The van der Waals surface area contributed by atoms with Crippen LogP contribution in [0.2, 0.25) is 0 Å². The normalized spacial score (nSPS) is 11.1. The van der Waals surface area contributed by atoms with Crippen LogP contribution in [-0.4, -0.2) is 0 Å². The molecule has 5 heteroatoms. The molecule has 338 valence electrons. The first kappa shape index (κ1) is 42.8. The summed E-state index contributed by atoms with van der Waals surface area (Å²) >= 11 is 0. The summed E-state index contributed by atoms with van der Waals surface area (Å²) in [6.45, 7) is 0. The van der Waals surface area contributed by atoms with Crippen molar-refractivity contribution in [1.29, 1.82) is 0 Å². The van der Waals surface area contributed by atoms with Crippen molar-refractivity contribution in [3.8, 4) is 11.1 Å². The monoisotopic (exact) mass is 912 g/mol. The number of nitrogens with zero attached hydrogens (tertiary/aromatic N) is 4. The molecule has 71 heavy (non-hydrogen) atoms. The van der Waals surface area contributed by atoms with E-state index < -0.39 is 0 Å². The minimum absolute atomic E-state index is 0.803. The van der Waals surface area contributed by atoms with E-state index in [0.29, 0.717) is 0 Å². The fraction of sp³-hybridized carbons (Fsp3) is 0. The quantitative estimate of drug-likeness (QED) is 0.115. The van der Waals surface area contributed by atoms with Gasteiger partial charge in [-0.15, -0.1) is 0 Å². The summed E-state index contributed by atoms with van der Waals surface area (Å²) in [4.78, 5) is 9.20. The van der Waals surface area contributed by atoms with E-state index in [9.17, 15) is 0 Å². The maximum Gasteiger partial charge on any atom is 0.159 e. The van der Waals surface area contributed by atoms with Crippen molar-refractivity contribution in [3.63, 3.8) is 0 Å². The molecule has 0 N–H and O–H groups in total. The Morgan fingerprint density at radius 3 is 0.817 bits per heavy atom. The molecule has 0 atom stereocenters. The zero-order valence-electron chi connectivity index (χ0n) is 38.9. The number of hydrogen-bond acceptors (Lipinski definition) is 5. The van der Waals surface area contributed by atoms with Crippen molar-refractivity contribution >= 4 is 90.2 Å². The zero-order valence-corrected chi connectivity index (χ0v) is 38.9. The molecule has 1 heterocycles. The summed E-state index contributed by atoms with van der Waals surface area (Å²) in [5, 5.41) is 2.08. The Balaban J connectivity index is 0.938. The third-order valence-corrected chi connectivity index (χ3v) is 13.0. The summed E-state index contributed by atoms with van der Waals surface area (Å²) in [5.74, 6) is 0. The Labute approximate surface area is 414 Å². The first-order valence-corrected chi connectivity index (χ1v) is 24.0. The largest absolute Gasteiger partial charge is 0.452 e. The predicted molar refractivity (Wildman–Crippen MR) is 298 cm³/mol. The maximum atomic E-state index is 7.27. The third kappa shape index (κ3) is 8.43. The molecule has 0 unspecified atom stereocenters. The summed E-state index contributed by atoms with van der Waals surface area (Å²) in [6.07, 6.45) is 0. The number of benzene rings is 11. The van der Waals surface area contributed by atoms with Crippen molar-refractivity contribution in [3.05, 3.63) is 291 Å². The molecule has 0 saturated carbocycles. The van der Waals surface area contributed by atoms with Crippen molar-refractivity contribution < 1.29 is 4.42 Å². The molecule has 5 nitrogen and oxygen atoms in total. The molecule has 1 aromatic heterocycles. The summed E-state index contributed by atoms with van der Waals surface area (Å²) in [6, 6.07) is 103. The van der Waals surface area contributed by atoms with Gasteiger partial charge in [-0.1, -0.05) is 164 Å². The molecular weight excluding hydrogens is 865 g/mol. The van der Waals surface area contributed by atoms with E-state index in [0.717, 1.165) is 101 Å². The van der Waals surface area contributed by atoms with E-state index in [4.69, 9.17) is 4.42 Å². The van der Waals surface area contributed by atoms with Gasteiger partial charge in [-0.3, -0.25) is 0 Å². The lowest BCUT2D eigenvalue weighted by molar-refractivity contribution is 0.669. The van der Waals surface area contributed by atoms with Crippen LogP contribution in [0.15, 0.2) is 296 Å². The van der Waals surface area contributed by atoms with Gasteiger partial charge in [-0.2, -0.15) is 0 Å². The summed E-state index contributed by atoms with van der Waals surface area (Å²) < 4.78 is 7.27. The molecule has 0 fully saturated rings. The number of rotatable bonds is 13. The van der Waals surface area contributed by atoms with Crippen molar-refractivity contribution in [1.82, 2.24) is 0 Å². The maximum absolute atomic E-state index is 7.27. The number of fused-ring (bicyclic) bond motifs is 3. The molecule has 0 aliphatic heterocycles. The van der Waals surface area contributed by atoms with E-state index >= 15 is 0 Å². The topological polar surface area (TPSA) is 26.1 Å². The number of anilines is 12. The van der Waals surface area contributed by atoms with Crippen LogP contribution in [0.25, 0.3) is 33.1 Å². The SMILES string of the molecule is c1ccc(N(c2ccccc2)c2ccc(-c3ccc(N(c4ccccc4)c4cccc5c4oc4c(N(c6ccccc6)c6cccc(N(c7ccccc7)c7ccccc7)c6)cccc45)cc3)cc2)cc1. The first-order valence-electron chi connectivity index (χ1n) is 24.0. The van der Waals surface area contributed by atoms with Gasteiger partial charge in [0.2, 0.25) is 0 Å². The smallest absolute Gasteiger partial charge is 0.159 e. The van der Waals surface area contributed by atoms with Crippen LogP contribution in [0.4, 0.5) is 68.2 Å². The zero-order chi connectivity index (χ0) is 47.3. The van der Waals surface area contributed by atoms with E-state index in [1.54, 1.807) is 0 Å². The minimum Gasteiger partial charge on any atom is -0.452 e. The molecule has 0 aliphatic rings. The second-order valence-electron chi connectivity index (χ2n) is 17.4. The average Bonchev–Trinajstić information content (AvgIpc) is 3.84. The molecule has 12 aromatic rings. The Morgan fingerprint density at radius 1 is 0.197 bits per heavy atom. The molecule has 0 spiro atoms. The van der Waals surface area contributed by atoms with Crippen molar-refractivity contribution in [2.24, 2.45) is 0 Å². The number of furan rings is 1. The highest BCUT2D eigenvalue weighted by Gasteiger charge is 2.24. The Bertz CT molecular complexity index is 3600. The Hall–Kier alpha value is -9.58. The van der Waals surface area contributed by atoms with Gasteiger partial charge in [0.1, 0.15) is 0 Å². The third-order valence-electron chi connectivity index (χ3n) is 13.0. The molecule has 0 aliphatic carbocycles. The van der Waals surface area contributed by atoms with Crippen molar-refractivity contribution in [2.45, 2.75) is 0 Å².